The minimum atomic E-state index is -0.734. The van der Waals surface area contributed by atoms with Gasteiger partial charge in [0, 0.05) is 38.2 Å². The van der Waals surface area contributed by atoms with Crippen molar-refractivity contribution in [2.24, 2.45) is 35.0 Å². The minimum absolute atomic E-state index is 0.0620. The SMILES string of the molecule is COCc1cccc(C[C@H](O)/C=C/[C@@H]2[C@H](O)CC(=O)[C@@H]2CCSCCCC(=O)OCCOC(=O)C23CC4CC(CC(C4)C2)C3)c1. The van der Waals surface area contributed by atoms with E-state index in [1.54, 1.807) is 24.9 Å². The highest BCUT2D eigenvalue weighted by atomic mass is 32.2. The molecule has 4 bridgehead atoms. The maximum atomic E-state index is 12.9. The van der Waals surface area contributed by atoms with Crippen LogP contribution in [0.1, 0.15) is 75.3 Å². The van der Waals surface area contributed by atoms with Crippen molar-refractivity contribution in [1.82, 2.24) is 0 Å². The van der Waals surface area contributed by atoms with Crippen LogP contribution in [0.25, 0.3) is 0 Å². The maximum absolute atomic E-state index is 12.9. The zero-order valence-electron chi connectivity index (χ0n) is 26.6. The van der Waals surface area contributed by atoms with E-state index in [1.807, 2.05) is 30.3 Å². The molecule has 248 valence electrons. The molecule has 4 atom stereocenters. The van der Waals surface area contributed by atoms with E-state index in [4.69, 9.17) is 14.2 Å². The van der Waals surface area contributed by atoms with E-state index in [2.05, 4.69) is 0 Å². The van der Waals surface area contributed by atoms with Gasteiger partial charge in [0.1, 0.15) is 19.0 Å². The zero-order valence-corrected chi connectivity index (χ0v) is 27.4. The van der Waals surface area contributed by atoms with Crippen LogP contribution in [0, 0.1) is 35.0 Å². The fourth-order valence-corrected chi connectivity index (χ4v) is 9.65. The summed E-state index contributed by atoms with van der Waals surface area (Å²) in [4.78, 5) is 37.7. The molecule has 5 aliphatic carbocycles. The molecule has 45 heavy (non-hydrogen) atoms. The summed E-state index contributed by atoms with van der Waals surface area (Å²) >= 11 is 1.68. The van der Waals surface area contributed by atoms with Crippen molar-refractivity contribution in [3.05, 3.63) is 47.5 Å². The van der Waals surface area contributed by atoms with Gasteiger partial charge in [-0.1, -0.05) is 36.4 Å². The van der Waals surface area contributed by atoms with Crippen molar-refractivity contribution < 1.29 is 38.8 Å². The summed E-state index contributed by atoms with van der Waals surface area (Å²) in [7, 11) is 1.65. The number of ketones is 1. The second-order valence-electron chi connectivity index (χ2n) is 13.9. The number of rotatable bonds is 17. The number of aliphatic hydroxyl groups excluding tert-OH is 2. The standard InChI is InChI=1S/C36H50O8S/c1-42-23-25-5-2-4-24(14-25)18-29(37)7-8-30-31(33(39)19-32(30)38)9-13-45-12-3-6-34(40)43-10-11-44-35(41)36-20-26-15-27(21-36)17-28(16-26)22-36/h2,4-5,7-8,14,26-32,37-38H,3,6,9-13,15-23H2,1H3/b8-7+/t26?,27?,28?,29-,30+,31-,32-,36?/m1/s1. The van der Waals surface area contributed by atoms with Gasteiger partial charge in [-0.2, -0.15) is 11.8 Å². The minimum Gasteiger partial charge on any atom is -0.462 e. The van der Waals surface area contributed by atoms with Crippen LogP contribution in [-0.2, 0) is 41.6 Å². The van der Waals surface area contributed by atoms with Crippen molar-refractivity contribution >= 4 is 29.5 Å². The third kappa shape index (κ3) is 9.21. The lowest BCUT2D eigenvalue weighted by atomic mass is 9.49. The van der Waals surface area contributed by atoms with Gasteiger partial charge >= 0.3 is 11.9 Å². The first-order valence-corrected chi connectivity index (χ1v) is 17.9. The van der Waals surface area contributed by atoms with E-state index < -0.39 is 12.2 Å². The van der Waals surface area contributed by atoms with Gasteiger partial charge in [-0.25, -0.2) is 0 Å². The van der Waals surface area contributed by atoms with E-state index >= 15 is 0 Å². The van der Waals surface area contributed by atoms with Crippen molar-refractivity contribution in [3.63, 3.8) is 0 Å². The van der Waals surface area contributed by atoms with Crippen molar-refractivity contribution in [1.29, 1.82) is 0 Å². The maximum Gasteiger partial charge on any atom is 0.312 e. The van der Waals surface area contributed by atoms with Crippen LogP contribution in [0.5, 0.6) is 0 Å². The number of carbonyl (C=O) groups is 3. The number of hydrogen-bond acceptors (Lipinski definition) is 9. The normalized spacial score (nSPS) is 31.0. The average molecular weight is 643 g/mol. The van der Waals surface area contributed by atoms with Crippen LogP contribution in [0.4, 0.5) is 0 Å². The molecular formula is C36H50O8S. The molecule has 5 fully saturated rings. The summed E-state index contributed by atoms with van der Waals surface area (Å²) in [5.41, 5.74) is 1.76. The van der Waals surface area contributed by atoms with E-state index in [-0.39, 0.29) is 54.6 Å². The Morgan fingerprint density at radius 3 is 2.44 bits per heavy atom. The second-order valence-corrected chi connectivity index (χ2v) is 15.1. The molecule has 0 spiro atoms. The van der Waals surface area contributed by atoms with Gasteiger partial charge < -0.3 is 24.4 Å². The van der Waals surface area contributed by atoms with Crippen molar-refractivity contribution in [2.45, 2.75) is 89.4 Å². The van der Waals surface area contributed by atoms with Crippen molar-refractivity contribution in [3.8, 4) is 0 Å². The van der Waals surface area contributed by atoms with E-state index in [0.717, 1.165) is 41.9 Å². The number of Topliss-reactive ketones (excluding diaryl/α,β-unsaturated/α-hetero) is 1. The number of esters is 2. The average Bonchev–Trinajstić information content (AvgIpc) is 3.26. The monoisotopic (exact) mass is 642 g/mol. The molecule has 6 rings (SSSR count). The number of ether oxygens (including phenoxy) is 3. The molecule has 5 aliphatic rings. The first-order chi connectivity index (χ1) is 21.7. The fourth-order valence-electron chi connectivity index (χ4n) is 8.68. The number of benzene rings is 1. The molecule has 0 saturated heterocycles. The lowest BCUT2D eigenvalue weighted by Crippen LogP contribution is -2.50. The summed E-state index contributed by atoms with van der Waals surface area (Å²) in [5.74, 6) is 2.68. The number of aliphatic hydroxyl groups is 2. The Balaban J connectivity index is 0.935. The third-order valence-corrected chi connectivity index (χ3v) is 11.4. The summed E-state index contributed by atoms with van der Waals surface area (Å²) < 4.78 is 16.1. The highest BCUT2D eigenvalue weighted by Gasteiger charge is 2.55. The summed E-state index contributed by atoms with van der Waals surface area (Å²) in [6.45, 7) is 0.733. The van der Waals surface area contributed by atoms with Gasteiger partial charge in [0.05, 0.1) is 24.2 Å². The Labute approximate surface area is 271 Å². The first kappa shape index (κ1) is 34.1. The van der Waals surface area contributed by atoms with Crippen LogP contribution in [-0.4, -0.2) is 72.0 Å². The van der Waals surface area contributed by atoms with Gasteiger partial charge in [-0.3, -0.25) is 14.4 Å². The highest BCUT2D eigenvalue weighted by Crippen LogP contribution is 2.60. The predicted octanol–water partition coefficient (Wildman–Crippen LogP) is 5.07. The molecule has 8 nitrogen and oxygen atoms in total. The van der Waals surface area contributed by atoms with Crippen LogP contribution in [0.2, 0.25) is 0 Å². The number of thioether (sulfide) groups is 1. The lowest BCUT2D eigenvalue weighted by molar-refractivity contribution is -0.174. The third-order valence-electron chi connectivity index (χ3n) is 10.3. The Bertz CT molecular complexity index is 1160. The Morgan fingerprint density at radius 1 is 1.04 bits per heavy atom. The molecule has 1 aromatic carbocycles. The number of carbonyl (C=O) groups excluding carboxylic acids is 3. The van der Waals surface area contributed by atoms with Crippen LogP contribution < -0.4 is 0 Å². The van der Waals surface area contributed by atoms with Gasteiger partial charge in [-0.15, -0.1) is 0 Å². The Hall–Kier alpha value is -2.20. The van der Waals surface area contributed by atoms with Crippen LogP contribution in [0.15, 0.2) is 36.4 Å². The Morgan fingerprint density at radius 2 is 1.73 bits per heavy atom. The lowest BCUT2D eigenvalue weighted by Gasteiger charge is -2.55. The fraction of sp³-hybridized carbons (Fsp3) is 0.694. The molecule has 5 saturated carbocycles. The quantitative estimate of drug-likeness (QED) is 0.136. The summed E-state index contributed by atoms with van der Waals surface area (Å²) in [5, 5.41) is 21.1. The zero-order chi connectivity index (χ0) is 31.8. The van der Waals surface area contributed by atoms with Gasteiger partial charge in [0.15, 0.2) is 0 Å². The molecule has 0 heterocycles. The molecule has 9 heteroatoms. The Kier molecular flexibility index (Phi) is 12.2. The molecule has 0 amide bonds. The number of methoxy groups -OCH3 is 1. The topological polar surface area (TPSA) is 119 Å². The molecule has 1 aromatic rings. The molecule has 0 radical (unpaired) electrons. The first-order valence-electron chi connectivity index (χ1n) is 16.8. The van der Waals surface area contributed by atoms with Gasteiger partial charge in [0.2, 0.25) is 0 Å². The second kappa shape index (κ2) is 16.1. The van der Waals surface area contributed by atoms with E-state index in [9.17, 15) is 24.6 Å². The predicted molar refractivity (Wildman–Crippen MR) is 172 cm³/mol. The molecule has 0 aliphatic heterocycles. The van der Waals surface area contributed by atoms with E-state index in [1.165, 1.54) is 19.3 Å². The van der Waals surface area contributed by atoms with E-state index in [0.29, 0.717) is 50.0 Å². The molecule has 0 aromatic heterocycles. The molecule has 0 unspecified atom stereocenters. The van der Waals surface area contributed by atoms with Gasteiger partial charge in [-0.05, 0) is 91.8 Å². The highest BCUT2D eigenvalue weighted by molar-refractivity contribution is 7.99. The van der Waals surface area contributed by atoms with Crippen molar-refractivity contribution in [2.75, 3.05) is 31.8 Å². The van der Waals surface area contributed by atoms with Gasteiger partial charge in [0.25, 0.3) is 0 Å². The summed E-state index contributed by atoms with van der Waals surface area (Å²) in [6, 6.07) is 7.89. The molecular weight excluding hydrogens is 592 g/mol. The van der Waals surface area contributed by atoms with Crippen LogP contribution >= 0.6 is 11.8 Å². The summed E-state index contributed by atoms with van der Waals surface area (Å²) in [6.07, 6.45) is 11.0. The smallest absolute Gasteiger partial charge is 0.312 e. The number of hydrogen-bond donors (Lipinski definition) is 2. The molecule has 2 N–H and O–H groups in total. The largest absolute Gasteiger partial charge is 0.462 e. The van der Waals surface area contributed by atoms with Crippen LogP contribution in [0.3, 0.4) is 0 Å².